The van der Waals surface area contributed by atoms with Gasteiger partial charge in [0.05, 0.1) is 13.2 Å². The smallest absolute Gasteiger partial charge is 0.408 e. The molecule has 17 nitrogen and oxygen atoms in total. The highest BCUT2D eigenvalue weighted by Crippen LogP contribution is 2.45. The van der Waals surface area contributed by atoms with E-state index in [1.807, 2.05) is 0 Å². The van der Waals surface area contributed by atoms with Crippen LogP contribution in [0.2, 0.25) is 0 Å². The molecule has 1 aromatic heterocycles. The van der Waals surface area contributed by atoms with Gasteiger partial charge in [-0.25, -0.2) is 9.52 Å². The van der Waals surface area contributed by atoms with Crippen LogP contribution >= 0.6 is 0 Å². The fourth-order valence-electron chi connectivity index (χ4n) is 6.45. The quantitative estimate of drug-likeness (QED) is 0.266. The molecule has 3 heterocycles. The minimum Gasteiger partial charge on any atom is -0.497 e. The second-order valence-electron chi connectivity index (χ2n) is 14.7. The third-order valence-electron chi connectivity index (χ3n) is 10.1. The number of hydrogen-bond donors (Lipinski definition) is 3. The van der Waals surface area contributed by atoms with Crippen LogP contribution in [0.15, 0.2) is 36.9 Å². The molecule has 0 unspecified atom stereocenters. The van der Waals surface area contributed by atoms with E-state index in [1.165, 1.54) is 15.8 Å². The molecule has 0 bridgehead atoms. The maximum atomic E-state index is 14.4. The second kappa shape index (κ2) is 13.9. The Hall–Kier alpha value is -4.58. The molecule has 0 spiro atoms. The molecular weight excluding hydrogens is 682 g/mol. The van der Waals surface area contributed by atoms with Gasteiger partial charge in [0, 0.05) is 37.5 Å². The largest absolute Gasteiger partial charge is 0.497 e. The molecule has 5 atom stereocenters. The van der Waals surface area contributed by atoms with Crippen molar-refractivity contribution in [3.05, 3.63) is 36.9 Å². The minimum absolute atomic E-state index is 0.0192. The fourth-order valence-corrected chi connectivity index (χ4v) is 7.74. The zero-order valence-electron chi connectivity index (χ0n) is 29.2. The van der Waals surface area contributed by atoms with Crippen LogP contribution in [0.5, 0.6) is 5.75 Å². The first kappa shape index (κ1) is 36.2. The van der Waals surface area contributed by atoms with Crippen LogP contribution in [0.1, 0.15) is 65.3 Å². The number of ether oxygens (including phenoxy) is 2. The number of carbonyl (C=O) groups excluding carboxylic acids is 4. The van der Waals surface area contributed by atoms with Crippen LogP contribution < -0.4 is 20.1 Å². The SMILES string of the molecule is C=C[C@@H]1C[C@]1(NC(=O)[C@@H]1C[C@@H](n2nnc(-c3ccc(OC)cc3)n2)CN1C(=O)[C@@H](NC(=O)OC1CCC1)C(C)(C)C)C(=O)NS(=O)(=O)N1CCC1. The van der Waals surface area contributed by atoms with E-state index in [2.05, 4.69) is 37.3 Å². The topological polar surface area (TPSA) is 207 Å². The molecule has 4 amide bonds. The summed E-state index contributed by atoms with van der Waals surface area (Å²) in [6.07, 6.45) is 3.87. The maximum Gasteiger partial charge on any atom is 0.408 e. The van der Waals surface area contributed by atoms with Gasteiger partial charge in [-0.3, -0.25) is 14.4 Å². The Morgan fingerprint density at radius 2 is 1.80 bits per heavy atom. The number of amides is 4. The zero-order valence-corrected chi connectivity index (χ0v) is 30.0. The van der Waals surface area contributed by atoms with E-state index in [4.69, 9.17) is 9.47 Å². The molecule has 2 aliphatic heterocycles. The van der Waals surface area contributed by atoms with Crippen LogP contribution in [0.25, 0.3) is 11.4 Å². The third kappa shape index (κ3) is 7.42. The van der Waals surface area contributed by atoms with Crippen molar-refractivity contribution in [2.75, 3.05) is 26.7 Å². The van der Waals surface area contributed by atoms with Crippen LogP contribution in [0.4, 0.5) is 4.79 Å². The van der Waals surface area contributed by atoms with Crippen molar-refractivity contribution >= 4 is 34.0 Å². The zero-order chi connectivity index (χ0) is 36.7. The van der Waals surface area contributed by atoms with E-state index in [-0.39, 0.29) is 25.5 Å². The Bertz CT molecular complexity index is 1790. The summed E-state index contributed by atoms with van der Waals surface area (Å²) < 4.78 is 39.6. The van der Waals surface area contributed by atoms with Gasteiger partial charge in [-0.1, -0.05) is 26.8 Å². The molecule has 4 aliphatic rings. The lowest BCUT2D eigenvalue weighted by Crippen LogP contribution is -2.61. The van der Waals surface area contributed by atoms with E-state index < -0.39 is 69.0 Å². The van der Waals surface area contributed by atoms with Crippen LogP contribution in [-0.2, 0) is 29.3 Å². The summed E-state index contributed by atoms with van der Waals surface area (Å²) in [5.41, 5.74) is -1.70. The summed E-state index contributed by atoms with van der Waals surface area (Å²) in [6.45, 7) is 9.70. The Kier molecular flexibility index (Phi) is 9.84. The monoisotopic (exact) mass is 727 g/mol. The van der Waals surface area contributed by atoms with Crippen LogP contribution in [-0.4, -0.2) is 112 Å². The molecule has 3 N–H and O–H groups in total. The predicted molar refractivity (Wildman–Crippen MR) is 182 cm³/mol. The van der Waals surface area contributed by atoms with E-state index in [0.717, 1.165) is 23.6 Å². The number of benzene rings is 1. The van der Waals surface area contributed by atoms with E-state index >= 15 is 0 Å². The summed E-state index contributed by atoms with van der Waals surface area (Å²) in [6, 6.07) is 4.24. The number of nitrogens with one attached hydrogen (secondary N) is 3. The minimum atomic E-state index is -4.09. The number of tetrazole rings is 1. The number of carbonyl (C=O) groups is 4. The highest BCUT2D eigenvalue weighted by Gasteiger charge is 2.62. The molecule has 2 aliphatic carbocycles. The van der Waals surface area contributed by atoms with Gasteiger partial charge in [-0.15, -0.1) is 16.8 Å². The number of aromatic nitrogens is 4. The number of likely N-dealkylation sites (tertiary alicyclic amines) is 1. The molecule has 4 fully saturated rings. The second-order valence-corrected chi connectivity index (χ2v) is 16.3. The van der Waals surface area contributed by atoms with Gasteiger partial charge in [0.1, 0.15) is 29.5 Å². The van der Waals surface area contributed by atoms with Crippen molar-refractivity contribution in [3.63, 3.8) is 0 Å². The normalized spacial score (nSPS) is 25.5. The average molecular weight is 728 g/mol. The highest BCUT2D eigenvalue weighted by molar-refractivity contribution is 7.87. The van der Waals surface area contributed by atoms with Gasteiger partial charge in [-0.05, 0) is 67.0 Å². The third-order valence-corrected chi connectivity index (χ3v) is 11.6. The number of rotatable bonds is 12. The van der Waals surface area contributed by atoms with Crippen molar-refractivity contribution in [1.82, 2.24) is 44.8 Å². The molecule has 276 valence electrons. The summed E-state index contributed by atoms with van der Waals surface area (Å²) in [5.74, 6) is -1.66. The van der Waals surface area contributed by atoms with Gasteiger partial charge < -0.3 is 25.0 Å². The summed E-state index contributed by atoms with van der Waals surface area (Å²) in [4.78, 5) is 57.8. The molecular formula is C33H45N9O8S. The summed E-state index contributed by atoms with van der Waals surface area (Å²) in [5, 5.41) is 18.5. The molecule has 51 heavy (non-hydrogen) atoms. The number of methoxy groups -OCH3 is 1. The first-order valence-corrected chi connectivity index (χ1v) is 18.6. The lowest BCUT2D eigenvalue weighted by molar-refractivity contribution is -0.143. The van der Waals surface area contributed by atoms with E-state index in [1.54, 1.807) is 52.1 Å². The molecule has 0 radical (unpaired) electrons. The average Bonchev–Trinajstić information content (AvgIpc) is 3.33. The van der Waals surface area contributed by atoms with Gasteiger partial charge in [0.15, 0.2) is 0 Å². The van der Waals surface area contributed by atoms with E-state index in [9.17, 15) is 27.6 Å². The number of nitrogens with zero attached hydrogens (tertiary/aromatic N) is 6. The Labute approximate surface area is 296 Å². The molecule has 2 saturated heterocycles. The lowest BCUT2D eigenvalue weighted by atomic mass is 9.85. The van der Waals surface area contributed by atoms with E-state index in [0.29, 0.717) is 36.6 Å². The Morgan fingerprint density at radius 3 is 2.35 bits per heavy atom. The van der Waals surface area contributed by atoms with Crippen molar-refractivity contribution < 1.29 is 37.1 Å². The number of alkyl carbamates (subject to hydrolysis) is 1. The summed E-state index contributed by atoms with van der Waals surface area (Å²) >= 11 is 0. The molecule has 1 aromatic carbocycles. The van der Waals surface area contributed by atoms with Crippen LogP contribution in [0.3, 0.4) is 0 Å². The van der Waals surface area contributed by atoms with Gasteiger partial charge >= 0.3 is 16.3 Å². The lowest BCUT2D eigenvalue weighted by Gasteiger charge is -2.36. The molecule has 6 rings (SSSR count). The van der Waals surface area contributed by atoms with Crippen molar-refractivity contribution in [1.29, 1.82) is 0 Å². The Morgan fingerprint density at radius 1 is 1.10 bits per heavy atom. The van der Waals surface area contributed by atoms with Crippen molar-refractivity contribution in [3.8, 4) is 17.1 Å². The van der Waals surface area contributed by atoms with Crippen LogP contribution in [0, 0.1) is 11.3 Å². The molecule has 2 saturated carbocycles. The molecule has 2 aromatic rings. The first-order valence-electron chi connectivity index (χ1n) is 17.1. The van der Waals surface area contributed by atoms with Gasteiger partial charge in [-0.2, -0.15) is 17.5 Å². The highest BCUT2D eigenvalue weighted by atomic mass is 32.2. The van der Waals surface area contributed by atoms with Crippen molar-refractivity contribution in [2.45, 2.75) is 89.1 Å². The first-order chi connectivity index (χ1) is 24.1. The predicted octanol–water partition coefficient (Wildman–Crippen LogP) is 1.31. The van der Waals surface area contributed by atoms with Gasteiger partial charge in [0.2, 0.25) is 17.6 Å². The summed E-state index contributed by atoms with van der Waals surface area (Å²) in [7, 11) is -2.53. The maximum absolute atomic E-state index is 14.4. The Balaban J connectivity index is 1.26. The fraction of sp³-hybridized carbons (Fsp3) is 0.606. The standard InChI is InChI=1S/C33H45N9O8S/c1-6-21-18-33(21,30(45)38-51(47,48)40-15-8-16-40)35-28(43)25-17-22(42-37-27(36-39-42)20-11-13-23(49-5)14-12-20)19-41(25)29(44)26(32(2,3)4)34-31(46)50-24-9-7-10-24/h6,11-14,21-22,24-26H,1,7-10,15-19H2,2-5H3,(H,34,46)(H,35,43)(H,38,45)/t21-,22-,25+,26-,33-/m1/s1. The van der Waals surface area contributed by atoms with Crippen molar-refractivity contribution in [2.24, 2.45) is 11.3 Å². The number of hydrogen-bond acceptors (Lipinski definition) is 11. The van der Waals surface area contributed by atoms with Gasteiger partial charge in [0.25, 0.3) is 5.91 Å². The molecule has 18 heteroatoms.